The average molecular weight is 306 g/mol. The maximum atomic E-state index is 13.0. The molecule has 0 fully saturated rings. The maximum absolute atomic E-state index is 13.0. The van der Waals surface area contributed by atoms with Crippen LogP contribution in [0.15, 0.2) is 48.5 Å². The highest BCUT2D eigenvalue weighted by atomic mass is 16.1. The van der Waals surface area contributed by atoms with Gasteiger partial charge in [-0.2, -0.15) is 0 Å². The lowest BCUT2D eigenvalue weighted by molar-refractivity contribution is -0.117. The molecule has 2 aromatic carbocycles. The standard InChI is InChI=1S/C21H22O2/c1-14-7-9-17(10-8-14)21(23)19-12-11-16-5-3-4-6-18(16)20(19)13-15(2)22/h3-10,19-20H,11-13H2,1-2H3/t19-,20-/m0/s1. The summed E-state index contributed by atoms with van der Waals surface area (Å²) in [5, 5.41) is 0. The van der Waals surface area contributed by atoms with Gasteiger partial charge < -0.3 is 4.79 Å². The third-order valence-electron chi connectivity index (χ3n) is 4.85. The number of ketones is 2. The van der Waals surface area contributed by atoms with Crippen LogP contribution in [-0.4, -0.2) is 11.6 Å². The Morgan fingerprint density at radius 1 is 1.04 bits per heavy atom. The Kier molecular flexibility index (Phi) is 4.42. The predicted octanol–water partition coefficient (Wildman–Crippen LogP) is 4.50. The third kappa shape index (κ3) is 3.26. The molecule has 2 aromatic rings. The van der Waals surface area contributed by atoms with E-state index in [0.29, 0.717) is 6.42 Å². The summed E-state index contributed by atoms with van der Waals surface area (Å²) in [6, 6.07) is 16.0. The Morgan fingerprint density at radius 3 is 2.43 bits per heavy atom. The fourth-order valence-electron chi connectivity index (χ4n) is 3.66. The van der Waals surface area contributed by atoms with Crippen LogP contribution in [0.4, 0.5) is 0 Å². The summed E-state index contributed by atoms with van der Waals surface area (Å²) in [4.78, 5) is 24.8. The van der Waals surface area contributed by atoms with E-state index in [2.05, 4.69) is 12.1 Å². The Labute approximate surface area is 137 Å². The number of benzene rings is 2. The number of carbonyl (C=O) groups excluding carboxylic acids is 2. The van der Waals surface area contributed by atoms with Gasteiger partial charge in [0.1, 0.15) is 5.78 Å². The van der Waals surface area contributed by atoms with E-state index in [0.717, 1.165) is 24.0 Å². The van der Waals surface area contributed by atoms with Crippen LogP contribution in [0.1, 0.15) is 52.7 Å². The molecule has 0 spiro atoms. The zero-order chi connectivity index (χ0) is 16.4. The van der Waals surface area contributed by atoms with Crippen LogP contribution in [0.3, 0.4) is 0 Å². The predicted molar refractivity (Wildman–Crippen MR) is 91.8 cm³/mol. The molecule has 0 heterocycles. The van der Waals surface area contributed by atoms with Gasteiger partial charge in [0.25, 0.3) is 0 Å². The van der Waals surface area contributed by atoms with Crippen LogP contribution in [0.25, 0.3) is 0 Å². The van der Waals surface area contributed by atoms with Crippen LogP contribution in [0.2, 0.25) is 0 Å². The van der Waals surface area contributed by atoms with Gasteiger partial charge in [-0.3, -0.25) is 4.79 Å². The highest BCUT2D eigenvalue weighted by Crippen LogP contribution is 2.40. The van der Waals surface area contributed by atoms with Crippen molar-refractivity contribution in [2.75, 3.05) is 0 Å². The minimum atomic E-state index is -0.100. The largest absolute Gasteiger partial charge is 0.300 e. The Hall–Kier alpha value is -2.22. The molecule has 118 valence electrons. The summed E-state index contributed by atoms with van der Waals surface area (Å²) in [6.45, 7) is 3.63. The van der Waals surface area contributed by atoms with Gasteiger partial charge in [0.2, 0.25) is 0 Å². The Bertz CT molecular complexity index is 728. The second kappa shape index (κ2) is 6.49. The Morgan fingerprint density at radius 2 is 1.74 bits per heavy atom. The quantitative estimate of drug-likeness (QED) is 0.779. The maximum Gasteiger partial charge on any atom is 0.166 e. The summed E-state index contributed by atoms with van der Waals surface area (Å²) in [5.74, 6) is 0.224. The molecular formula is C21H22O2. The van der Waals surface area contributed by atoms with Gasteiger partial charge >= 0.3 is 0 Å². The second-order valence-electron chi connectivity index (χ2n) is 6.59. The summed E-state index contributed by atoms with van der Waals surface area (Å²) in [7, 11) is 0. The first-order valence-electron chi connectivity index (χ1n) is 8.24. The molecule has 0 aliphatic heterocycles. The van der Waals surface area contributed by atoms with Crippen molar-refractivity contribution >= 4 is 11.6 Å². The van der Waals surface area contributed by atoms with E-state index in [9.17, 15) is 9.59 Å². The fraction of sp³-hybridized carbons (Fsp3) is 0.333. The van der Waals surface area contributed by atoms with Crippen molar-refractivity contribution in [1.29, 1.82) is 0 Å². The van der Waals surface area contributed by atoms with E-state index in [1.807, 2.05) is 43.3 Å². The summed E-state index contributed by atoms with van der Waals surface area (Å²) in [6.07, 6.45) is 2.17. The number of rotatable bonds is 4. The minimum Gasteiger partial charge on any atom is -0.300 e. The van der Waals surface area contributed by atoms with Crippen molar-refractivity contribution in [3.63, 3.8) is 0 Å². The summed E-state index contributed by atoms with van der Waals surface area (Å²) >= 11 is 0. The molecule has 0 amide bonds. The second-order valence-corrected chi connectivity index (χ2v) is 6.59. The molecule has 3 rings (SSSR count). The lowest BCUT2D eigenvalue weighted by Crippen LogP contribution is -2.29. The first-order chi connectivity index (χ1) is 11.1. The van der Waals surface area contributed by atoms with Crippen molar-refractivity contribution in [2.45, 2.75) is 39.0 Å². The van der Waals surface area contributed by atoms with Crippen molar-refractivity contribution in [3.05, 3.63) is 70.8 Å². The molecule has 0 bridgehead atoms. The molecule has 0 saturated heterocycles. The van der Waals surface area contributed by atoms with Crippen LogP contribution >= 0.6 is 0 Å². The molecule has 23 heavy (non-hydrogen) atoms. The van der Waals surface area contributed by atoms with Crippen molar-refractivity contribution < 1.29 is 9.59 Å². The molecule has 0 N–H and O–H groups in total. The summed E-state index contributed by atoms with van der Waals surface area (Å²) in [5.41, 5.74) is 4.37. The SMILES string of the molecule is CC(=O)C[C@H]1c2ccccc2CC[C@@H]1C(=O)c1ccc(C)cc1. The molecule has 0 saturated carbocycles. The highest BCUT2D eigenvalue weighted by molar-refractivity contribution is 5.99. The number of Topliss-reactive ketones (excluding diaryl/α,β-unsaturated/α-hetero) is 2. The molecular weight excluding hydrogens is 284 g/mol. The van der Waals surface area contributed by atoms with E-state index >= 15 is 0 Å². The minimum absolute atomic E-state index is 0.00579. The number of aryl methyl sites for hydroxylation is 2. The first kappa shape index (κ1) is 15.7. The average Bonchev–Trinajstić information content (AvgIpc) is 2.55. The van der Waals surface area contributed by atoms with Gasteiger partial charge in [0, 0.05) is 23.8 Å². The van der Waals surface area contributed by atoms with Gasteiger partial charge in [-0.1, -0.05) is 54.1 Å². The molecule has 0 radical (unpaired) electrons. The van der Waals surface area contributed by atoms with Crippen molar-refractivity contribution in [1.82, 2.24) is 0 Å². The van der Waals surface area contributed by atoms with Crippen molar-refractivity contribution in [2.24, 2.45) is 5.92 Å². The van der Waals surface area contributed by atoms with E-state index in [1.165, 1.54) is 11.1 Å². The zero-order valence-corrected chi connectivity index (χ0v) is 13.7. The number of carbonyl (C=O) groups is 2. The Balaban J connectivity index is 1.95. The fourth-order valence-corrected chi connectivity index (χ4v) is 3.66. The van der Waals surface area contributed by atoms with Crippen LogP contribution in [0.5, 0.6) is 0 Å². The highest BCUT2D eigenvalue weighted by Gasteiger charge is 2.35. The van der Waals surface area contributed by atoms with Crippen LogP contribution in [0, 0.1) is 12.8 Å². The monoisotopic (exact) mass is 306 g/mol. The van der Waals surface area contributed by atoms with Gasteiger partial charge in [-0.25, -0.2) is 0 Å². The van der Waals surface area contributed by atoms with Gasteiger partial charge in [-0.05, 0) is 37.8 Å². The molecule has 0 unspecified atom stereocenters. The number of hydrogen-bond acceptors (Lipinski definition) is 2. The normalized spacial score (nSPS) is 19.9. The van der Waals surface area contributed by atoms with Crippen LogP contribution in [-0.2, 0) is 11.2 Å². The number of hydrogen-bond donors (Lipinski definition) is 0. The zero-order valence-electron chi connectivity index (χ0n) is 13.7. The van der Waals surface area contributed by atoms with Gasteiger partial charge in [-0.15, -0.1) is 0 Å². The molecule has 2 nitrogen and oxygen atoms in total. The topological polar surface area (TPSA) is 34.1 Å². The third-order valence-corrected chi connectivity index (χ3v) is 4.85. The van der Waals surface area contributed by atoms with Crippen molar-refractivity contribution in [3.8, 4) is 0 Å². The molecule has 0 aromatic heterocycles. The molecule has 1 aliphatic rings. The molecule has 2 atom stereocenters. The lowest BCUT2D eigenvalue weighted by Gasteiger charge is -2.32. The van der Waals surface area contributed by atoms with Gasteiger partial charge in [0.15, 0.2) is 5.78 Å². The van der Waals surface area contributed by atoms with Gasteiger partial charge in [0.05, 0.1) is 0 Å². The van der Waals surface area contributed by atoms with E-state index in [-0.39, 0.29) is 23.4 Å². The molecule has 1 aliphatic carbocycles. The lowest BCUT2D eigenvalue weighted by atomic mass is 9.70. The van der Waals surface area contributed by atoms with E-state index in [4.69, 9.17) is 0 Å². The van der Waals surface area contributed by atoms with E-state index in [1.54, 1.807) is 6.92 Å². The first-order valence-corrected chi connectivity index (χ1v) is 8.24. The summed E-state index contributed by atoms with van der Waals surface area (Å²) < 4.78 is 0. The van der Waals surface area contributed by atoms with Crippen LogP contribution < -0.4 is 0 Å². The molecule has 2 heteroatoms. The van der Waals surface area contributed by atoms with E-state index < -0.39 is 0 Å². The number of fused-ring (bicyclic) bond motifs is 1. The smallest absolute Gasteiger partial charge is 0.166 e.